The molecule has 0 fully saturated rings. The fourth-order valence-corrected chi connectivity index (χ4v) is 0. The topological polar surface area (TPSA) is 54.4 Å². The normalized spacial score (nSPS) is 4.17. The van der Waals surface area contributed by atoms with Gasteiger partial charge < -0.3 is 2.85 Å². The summed E-state index contributed by atoms with van der Waals surface area (Å²) in [4.78, 5) is 0. The van der Waals surface area contributed by atoms with Crippen LogP contribution in [0, 0.1) is 0 Å². The molecule has 36 valence electrons. The Bertz CT molecular complexity index is 65.7. The Balaban J connectivity index is -0.00000000750. The maximum absolute atomic E-state index is 8.67. The SMILES string of the molecule is Cl.[Ca+2].[H-].[H-].[O]=[V](=[O])[OH]. The van der Waals surface area contributed by atoms with Crippen molar-refractivity contribution < 1.29 is 29.6 Å². The summed E-state index contributed by atoms with van der Waals surface area (Å²) in [5.74, 6) is 0. The third-order valence-electron chi connectivity index (χ3n) is 0. The molecule has 0 radical (unpaired) electrons. The molecule has 0 aliphatic heterocycles. The Morgan fingerprint density at radius 3 is 1.50 bits per heavy atom. The van der Waals surface area contributed by atoms with Crippen molar-refractivity contribution in [3.8, 4) is 0 Å². The van der Waals surface area contributed by atoms with Gasteiger partial charge in [-0.2, -0.15) is 0 Å². The van der Waals surface area contributed by atoms with Crippen LogP contribution in [0.2, 0.25) is 0 Å². The Kier molecular flexibility index (Phi) is 25.7. The number of rotatable bonds is 0. The molecule has 0 heterocycles. The van der Waals surface area contributed by atoms with Crippen LogP contribution < -0.4 is 0 Å². The van der Waals surface area contributed by atoms with Crippen LogP contribution >= 0.6 is 12.4 Å². The molecule has 0 amide bonds. The van der Waals surface area contributed by atoms with Crippen LogP contribution in [-0.2, 0) is 22.7 Å². The monoisotopic (exact) mass is 178 g/mol. The van der Waals surface area contributed by atoms with E-state index in [4.69, 9.17) is 11.4 Å². The van der Waals surface area contributed by atoms with E-state index in [0.29, 0.717) is 0 Å². The number of hydrogen-bond donors (Lipinski definition) is 1. The fourth-order valence-electron chi connectivity index (χ4n) is 0. The van der Waals surface area contributed by atoms with Gasteiger partial charge in [0, 0.05) is 0 Å². The molecule has 0 aromatic carbocycles. The van der Waals surface area contributed by atoms with E-state index in [1.165, 1.54) is 0 Å². The molecule has 0 atom stereocenters. The van der Waals surface area contributed by atoms with Gasteiger partial charge in [0.25, 0.3) is 0 Å². The summed E-state index contributed by atoms with van der Waals surface area (Å²) < 4.78 is 24.4. The van der Waals surface area contributed by atoms with Gasteiger partial charge in [-0.25, -0.2) is 0 Å². The quantitative estimate of drug-likeness (QED) is 0.508. The summed E-state index contributed by atoms with van der Waals surface area (Å²) in [7, 11) is 0. The molecular weight excluding hydrogens is 174 g/mol. The van der Waals surface area contributed by atoms with Gasteiger partial charge in [0.2, 0.25) is 0 Å². The Morgan fingerprint density at radius 2 is 1.50 bits per heavy atom. The molecule has 0 unspecified atom stereocenters. The zero-order valence-electron chi connectivity index (χ0n) is 4.83. The average molecular weight is 179 g/mol. The van der Waals surface area contributed by atoms with E-state index in [-0.39, 0.29) is 53.0 Å². The second-order valence-corrected chi connectivity index (χ2v) is 0.981. The van der Waals surface area contributed by atoms with Crippen LogP contribution in [0.3, 0.4) is 0 Å². The van der Waals surface area contributed by atoms with E-state index in [2.05, 4.69) is 0 Å². The van der Waals surface area contributed by atoms with Crippen molar-refractivity contribution in [2.75, 3.05) is 0 Å². The van der Waals surface area contributed by atoms with Crippen molar-refractivity contribution in [3.63, 3.8) is 0 Å². The minimum atomic E-state index is -3.69. The third kappa shape index (κ3) is 43.7. The Labute approximate surface area is 78.9 Å². The molecule has 6 heteroatoms. The van der Waals surface area contributed by atoms with Gasteiger partial charge >= 0.3 is 64.5 Å². The third-order valence-corrected chi connectivity index (χ3v) is 0. The molecule has 0 saturated carbocycles. The predicted molar refractivity (Wildman–Crippen MR) is 18.8 cm³/mol. The van der Waals surface area contributed by atoms with Crippen molar-refractivity contribution in [1.29, 1.82) is 0 Å². The first-order valence-electron chi connectivity index (χ1n) is 0.565. The molecule has 0 spiro atoms. The maximum atomic E-state index is 8.67. The first-order chi connectivity index (χ1) is 1.73. The molecule has 0 aliphatic rings. The van der Waals surface area contributed by atoms with Gasteiger partial charge in [0.1, 0.15) is 0 Å². The van der Waals surface area contributed by atoms with Gasteiger partial charge in [0.15, 0.2) is 0 Å². The zero-order chi connectivity index (χ0) is 3.58. The van der Waals surface area contributed by atoms with Crippen LogP contribution in [0.15, 0.2) is 0 Å². The van der Waals surface area contributed by atoms with Crippen molar-refractivity contribution in [2.45, 2.75) is 0 Å². The minimum absolute atomic E-state index is 0. The number of halogens is 1. The zero-order valence-corrected chi connectivity index (χ0v) is 7.25. The van der Waals surface area contributed by atoms with Gasteiger partial charge in [0.05, 0.1) is 0 Å². The second kappa shape index (κ2) is 9.85. The van der Waals surface area contributed by atoms with Gasteiger partial charge in [-0.1, -0.05) is 0 Å². The Morgan fingerprint density at radius 1 is 1.50 bits per heavy atom. The van der Waals surface area contributed by atoms with Gasteiger partial charge in [-0.05, 0) is 0 Å². The van der Waals surface area contributed by atoms with Crippen molar-refractivity contribution >= 4 is 50.1 Å². The summed E-state index contributed by atoms with van der Waals surface area (Å²) in [5.41, 5.74) is 0. The predicted octanol–water partition coefficient (Wildman–Crippen LogP) is -0.531. The molecular formula is H4CaClO3V. The summed E-state index contributed by atoms with van der Waals surface area (Å²) in [6.07, 6.45) is 0. The molecule has 0 aromatic heterocycles. The standard InChI is InChI=1S/Ca.ClH.H2O.2O.V.2H/h;1H;1H2;;;;;/q+2;;;;;+1;2*-1/p-1. The first kappa shape index (κ1) is 15.6. The van der Waals surface area contributed by atoms with E-state index in [9.17, 15) is 0 Å². The van der Waals surface area contributed by atoms with E-state index in [1.54, 1.807) is 0 Å². The van der Waals surface area contributed by atoms with Gasteiger partial charge in [-0.15, -0.1) is 12.4 Å². The summed E-state index contributed by atoms with van der Waals surface area (Å²) in [6.45, 7) is 0. The number of hydrogen-bond acceptors (Lipinski definition) is 2. The van der Waals surface area contributed by atoms with E-state index < -0.39 is 15.4 Å². The van der Waals surface area contributed by atoms with Crippen molar-refractivity contribution in [3.05, 3.63) is 0 Å². The first-order valence-corrected chi connectivity index (χ1v) is 2.33. The van der Waals surface area contributed by atoms with Crippen LogP contribution in [0.4, 0.5) is 0 Å². The van der Waals surface area contributed by atoms with E-state index >= 15 is 0 Å². The van der Waals surface area contributed by atoms with Crippen molar-refractivity contribution in [2.24, 2.45) is 0 Å². The summed E-state index contributed by atoms with van der Waals surface area (Å²) in [6, 6.07) is 0. The summed E-state index contributed by atoms with van der Waals surface area (Å²) in [5, 5.41) is 0. The van der Waals surface area contributed by atoms with Crippen molar-refractivity contribution in [1.82, 2.24) is 0 Å². The molecule has 0 aliphatic carbocycles. The average Bonchev–Trinajstić information content (AvgIpc) is 0.811. The Hall–Kier alpha value is 1.69. The van der Waals surface area contributed by atoms with Crippen LogP contribution in [0.25, 0.3) is 0 Å². The molecule has 6 heavy (non-hydrogen) atoms. The fraction of sp³-hybridized carbons (Fsp3) is 0. The molecule has 0 rings (SSSR count). The molecule has 3 nitrogen and oxygen atoms in total. The van der Waals surface area contributed by atoms with Crippen LogP contribution in [0.5, 0.6) is 0 Å². The van der Waals surface area contributed by atoms with E-state index in [1.807, 2.05) is 0 Å². The van der Waals surface area contributed by atoms with E-state index in [0.717, 1.165) is 0 Å². The molecule has 0 bridgehead atoms. The summed E-state index contributed by atoms with van der Waals surface area (Å²) >= 11 is -3.69. The molecule has 0 aromatic rings. The van der Waals surface area contributed by atoms with Crippen LogP contribution in [-0.4, -0.2) is 41.8 Å². The van der Waals surface area contributed by atoms with Crippen LogP contribution in [0.1, 0.15) is 2.85 Å². The second-order valence-electron chi connectivity index (χ2n) is 0.238. The molecule has 1 N–H and O–H groups in total. The van der Waals surface area contributed by atoms with Gasteiger partial charge in [-0.3, -0.25) is 0 Å². The molecule has 0 saturated heterocycles.